The molecule has 2 N–H and O–H groups in total. The van der Waals surface area contributed by atoms with E-state index in [-0.39, 0.29) is 10.6 Å². The summed E-state index contributed by atoms with van der Waals surface area (Å²) >= 11 is 5.77. The highest BCUT2D eigenvalue weighted by atomic mass is 35.5. The predicted octanol–water partition coefficient (Wildman–Crippen LogP) is 3.38. The molecule has 0 radical (unpaired) electrons. The maximum absolute atomic E-state index is 13.5. The summed E-state index contributed by atoms with van der Waals surface area (Å²) in [7, 11) is 0. The summed E-state index contributed by atoms with van der Waals surface area (Å²) in [6, 6.07) is 8.13. The standard InChI is InChI=1S/C17H12ClF4N3O2/c18-13-6-3-7-14(19)11(13)8-24-25-15(26)9-23-16(27)10-4-1-2-5-12(10)17(20,21)22/h1-8H,9H2,(H,23,27)(H,25,26)/b24-8-. The van der Waals surface area contributed by atoms with Gasteiger partial charge < -0.3 is 5.32 Å². The minimum atomic E-state index is -4.71. The van der Waals surface area contributed by atoms with E-state index < -0.39 is 41.5 Å². The molecule has 0 aliphatic heterocycles. The van der Waals surface area contributed by atoms with Crippen LogP contribution in [-0.2, 0) is 11.0 Å². The van der Waals surface area contributed by atoms with Gasteiger partial charge in [0, 0.05) is 5.56 Å². The molecule has 10 heteroatoms. The first-order valence-electron chi connectivity index (χ1n) is 7.40. The van der Waals surface area contributed by atoms with Crippen molar-refractivity contribution in [3.8, 4) is 0 Å². The van der Waals surface area contributed by atoms with Crippen LogP contribution in [0.1, 0.15) is 21.5 Å². The molecule has 0 saturated carbocycles. The number of hydrogen-bond acceptors (Lipinski definition) is 3. The summed E-state index contributed by atoms with van der Waals surface area (Å²) in [5.41, 5.74) is 0.225. The number of alkyl halides is 3. The van der Waals surface area contributed by atoms with Crippen molar-refractivity contribution in [2.75, 3.05) is 6.54 Å². The third kappa shape index (κ3) is 5.52. The lowest BCUT2D eigenvalue weighted by atomic mass is 10.1. The van der Waals surface area contributed by atoms with Gasteiger partial charge in [0.1, 0.15) is 5.82 Å². The van der Waals surface area contributed by atoms with E-state index in [9.17, 15) is 27.2 Å². The monoisotopic (exact) mass is 401 g/mol. The smallest absolute Gasteiger partial charge is 0.343 e. The lowest BCUT2D eigenvalue weighted by molar-refractivity contribution is -0.137. The Hall–Kier alpha value is -2.94. The van der Waals surface area contributed by atoms with Crippen LogP contribution < -0.4 is 10.7 Å². The number of carbonyl (C=O) groups excluding carboxylic acids is 2. The molecule has 0 aliphatic carbocycles. The molecule has 2 aromatic rings. The maximum Gasteiger partial charge on any atom is 0.417 e. The van der Waals surface area contributed by atoms with E-state index in [2.05, 4.69) is 10.4 Å². The molecule has 0 atom stereocenters. The second-order valence-corrected chi connectivity index (χ2v) is 5.56. The first-order valence-corrected chi connectivity index (χ1v) is 7.78. The van der Waals surface area contributed by atoms with Gasteiger partial charge in [-0.1, -0.05) is 29.8 Å². The summed E-state index contributed by atoms with van der Waals surface area (Å²) in [6.45, 7) is -0.632. The first kappa shape index (κ1) is 20.4. The van der Waals surface area contributed by atoms with E-state index in [1.165, 1.54) is 18.2 Å². The molecular weight excluding hydrogens is 390 g/mol. The topological polar surface area (TPSA) is 70.6 Å². The third-order valence-corrected chi connectivity index (χ3v) is 3.60. The Balaban J connectivity index is 1.95. The Bertz CT molecular complexity index is 864. The fraction of sp³-hybridized carbons (Fsp3) is 0.118. The number of carbonyl (C=O) groups is 2. The van der Waals surface area contributed by atoms with E-state index in [1.54, 1.807) is 0 Å². The average Bonchev–Trinajstić information content (AvgIpc) is 2.61. The Morgan fingerprint density at radius 3 is 2.48 bits per heavy atom. The number of nitrogens with one attached hydrogen (secondary N) is 2. The number of amides is 2. The highest BCUT2D eigenvalue weighted by molar-refractivity contribution is 6.33. The van der Waals surface area contributed by atoms with Gasteiger partial charge >= 0.3 is 6.18 Å². The van der Waals surface area contributed by atoms with Crippen molar-refractivity contribution < 1.29 is 27.2 Å². The molecule has 0 bridgehead atoms. The largest absolute Gasteiger partial charge is 0.417 e. The fourth-order valence-corrected chi connectivity index (χ4v) is 2.24. The molecule has 0 unspecified atom stereocenters. The highest BCUT2D eigenvalue weighted by Crippen LogP contribution is 2.31. The summed E-state index contributed by atoms with van der Waals surface area (Å²) in [4.78, 5) is 23.5. The maximum atomic E-state index is 13.5. The molecule has 0 saturated heterocycles. The third-order valence-electron chi connectivity index (χ3n) is 3.27. The van der Waals surface area contributed by atoms with Crippen LogP contribution in [0, 0.1) is 5.82 Å². The number of benzene rings is 2. The average molecular weight is 402 g/mol. The van der Waals surface area contributed by atoms with E-state index in [4.69, 9.17) is 11.6 Å². The highest BCUT2D eigenvalue weighted by Gasteiger charge is 2.34. The van der Waals surface area contributed by atoms with Crippen LogP contribution in [0.5, 0.6) is 0 Å². The van der Waals surface area contributed by atoms with Gasteiger partial charge in [0.15, 0.2) is 0 Å². The van der Waals surface area contributed by atoms with Gasteiger partial charge in [0.2, 0.25) is 0 Å². The van der Waals surface area contributed by atoms with E-state index in [0.29, 0.717) is 0 Å². The van der Waals surface area contributed by atoms with Gasteiger partial charge in [0.05, 0.1) is 28.9 Å². The lowest BCUT2D eigenvalue weighted by Gasteiger charge is -2.12. The number of rotatable bonds is 5. The molecule has 0 spiro atoms. The minimum Gasteiger partial charge on any atom is -0.343 e. The summed E-state index contributed by atoms with van der Waals surface area (Å²) in [5, 5.41) is 5.62. The van der Waals surface area contributed by atoms with Crippen molar-refractivity contribution in [1.29, 1.82) is 0 Å². The quantitative estimate of drug-likeness (QED) is 0.458. The van der Waals surface area contributed by atoms with Gasteiger partial charge in [-0.3, -0.25) is 9.59 Å². The SMILES string of the molecule is O=C(CNC(=O)c1ccccc1C(F)(F)F)N/N=C\c1c(F)cccc1Cl. The zero-order valence-electron chi connectivity index (χ0n) is 13.5. The molecule has 0 heterocycles. The Labute approximate surface area is 156 Å². The van der Waals surface area contributed by atoms with E-state index >= 15 is 0 Å². The van der Waals surface area contributed by atoms with Crippen LogP contribution in [0.4, 0.5) is 17.6 Å². The fourth-order valence-electron chi connectivity index (χ4n) is 2.03. The Morgan fingerprint density at radius 1 is 1.11 bits per heavy atom. The molecule has 0 aromatic heterocycles. The van der Waals surface area contributed by atoms with Crippen molar-refractivity contribution in [3.05, 3.63) is 70.0 Å². The molecule has 27 heavy (non-hydrogen) atoms. The number of hydrogen-bond donors (Lipinski definition) is 2. The number of nitrogens with zero attached hydrogens (tertiary/aromatic N) is 1. The van der Waals surface area contributed by atoms with Crippen LogP contribution in [0.15, 0.2) is 47.6 Å². The Kier molecular flexibility index (Phi) is 6.51. The van der Waals surface area contributed by atoms with Crippen LogP contribution in [0.2, 0.25) is 5.02 Å². The lowest BCUT2D eigenvalue weighted by Crippen LogP contribution is -2.35. The van der Waals surface area contributed by atoms with Gasteiger partial charge in [-0.05, 0) is 24.3 Å². The molecular formula is C17H12ClF4N3O2. The van der Waals surface area contributed by atoms with Crippen LogP contribution >= 0.6 is 11.6 Å². The second kappa shape index (κ2) is 8.63. The van der Waals surface area contributed by atoms with Gasteiger partial charge in [-0.25, -0.2) is 9.82 Å². The van der Waals surface area contributed by atoms with Crippen molar-refractivity contribution in [1.82, 2.24) is 10.7 Å². The van der Waals surface area contributed by atoms with Gasteiger partial charge in [-0.15, -0.1) is 0 Å². The molecule has 2 amide bonds. The Morgan fingerprint density at radius 2 is 1.81 bits per heavy atom. The van der Waals surface area contributed by atoms with E-state index in [1.807, 2.05) is 5.43 Å². The number of halogens is 5. The van der Waals surface area contributed by atoms with Crippen LogP contribution in [-0.4, -0.2) is 24.6 Å². The summed E-state index contributed by atoms with van der Waals surface area (Å²) < 4.78 is 52.2. The molecule has 0 fully saturated rings. The first-order chi connectivity index (χ1) is 12.7. The van der Waals surface area contributed by atoms with Crippen molar-refractivity contribution in [2.45, 2.75) is 6.18 Å². The summed E-state index contributed by atoms with van der Waals surface area (Å²) in [6.07, 6.45) is -3.74. The van der Waals surface area contributed by atoms with Gasteiger partial charge in [-0.2, -0.15) is 18.3 Å². The predicted molar refractivity (Wildman–Crippen MR) is 90.9 cm³/mol. The molecule has 2 rings (SSSR count). The van der Waals surface area contributed by atoms with Crippen LogP contribution in [0.25, 0.3) is 0 Å². The molecule has 5 nitrogen and oxygen atoms in total. The van der Waals surface area contributed by atoms with Crippen molar-refractivity contribution >= 4 is 29.6 Å². The second-order valence-electron chi connectivity index (χ2n) is 5.15. The van der Waals surface area contributed by atoms with Crippen LogP contribution in [0.3, 0.4) is 0 Å². The zero-order valence-corrected chi connectivity index (χ0v) is 14.2. The zero-order chi connectivity index (χ0) is 20.0. The molecule has 2 aromatic carbocycles. The minimum absolute atomic E-state index is 0.0531. The van der Waals surface area contributed by atoms with Crippen molar-refractivity contribution in [2.24, 2.45) is 5.10 Å². The molecule has 142 valence electrons. The van der Waals surface area contributed by atoms with E-state index in [0.717, 1.165) is 30.5 Å². The number of hydrazone groups is 1. The molecule has 0 aliphatic rings. The van der Waals surface area contributed by atoms with Crippen molar-refractivity contribution in [3.63, 3.8) is 0 Å². The van der Waals surface area contributed by atoms with Gasteiger partial charge in [0.25, 0.3) is 11.8 Å². The normalized spacial score (nSPS) is 11.4. The summed E-state index contributed by atoms with van der Waals surface area (Å²) in [5.74, 6) is -2.55.